The summed E-state index contributed by atoms with van der Waals surface area (Å²) in [5.41, 5.74) is 5.50. The number of halogens is 3. The van der Waals surface area contributed by atoms with Crippen LogP contribution >= 0.6 is 34.8 Å². The molecule has 0 spiro atoms. The van der Waals surface area contributed by atoms with E-state index in [-0.39, 0.29) is 0 Å². The second-order valence-corrected chi connectivity index (χ2v) is 5.28. The van der Waals surface area contributed by atoms with Crippen LogP contribution in [0, 0.1) is 0 Å². The molecule has 0 radical (unpaired) electrons. The molecule has 2 aromatic rings. The van der Waals surface area contributed by atoms with E-state index in [2.05, 4.69) is 10.5 Å². The van der Waals surface area contributed by atoms with Crippen LogP contribution in [0.25, 0.3) is 0 Å². The predicted octanol–water partition coefficient (Wildman–Crippen LogP) is 5.48. The van der Waals surface area contributed by atoms with Gasteiger partial charge in [-0.15, -0.1) is 0 Å². The number of benzene rings is 2. The fourth-order valence-corrected chi connectivity index (χ4v) is 2.17. The third-order valence-corrected chi connectivity index (χ3v) is 3.17. The predicted molar refractivity (Wildman–Crippen MR) is 83.7 cm³/mol. The molecule has 2 rings (SSSR count). The molecule has 2 nitrogen and oxygen atoms in total. The molecule has 0 aromatic heterocycles. The summed E-state index contributed by atoms with van der Waals surface area (Å²) in [6.45, 7) is 1.91. The van der Waals surface area contributed by atoms with E-state index < -0.39 is 0 Å². The van der Waals surface area contributed by atoms with Crippen molar-refractivity contribution >= 4 is 46.2 Å². The number of hydrogen-bond acceptors (Lipinski definition) is 2. The van der Waals surface area contributed by atoms with E-state index in [0.29, 0.717) is 15.1 Å². The minimum absolute atomic E-state index is 0.564. The Labute approximate surface area is 127 Å². The van der Waals surface area contributed by atoms with Gasteiger partial charge in [-0.3, -0.25) is 5.43 Å². The average molecular weight is 314 g/mol. The summed E-state index contributed by atoms with van der Waals surface area (Å²) in [5.74, 6) is 0. The number of hydrazone groups is 1. The van der Waals surface area contributed by atoms with E-state index in [1.165, 1.54) is 0 Å². The molecule has 0 saturated carbocycles. The van der Waals surface area contributed by atoms with Crippen LogP contribution in [0.1, 0.15) is 12.5 Å². The third kappa shape index (κ3) is 4.13. The van der Waals surface area contributed by atoms with Gasteiger partial charge in [-0.2, -0.15) is 5.10 Å². The zero-order valence-electron chi connectivity index (χ0n) is 10.1. The SMILES string of the molecule is C/C(=N/Nc1cc(Cl)cc(Cl)c1)c1ccc(Cl)cc1. The zero-order chi connectivity index (χ0) is 13.8. The summed E-state index contributed by atoms with van der Waals surface area (Å²) in [6.07, 6.45) is 0. The molecule has 0 aliphatic carbocycles. The second-order valence-electron chi connectivity index (χ2n) is 3.97. The quantitative estimate of drug-likeness (QED) is 0.588. The van der Waals surface area contributed by atoms with Gasteiger partial charge in [0.1, 0.15) is 0 Å². The summed E-state index contributed by atoms with van der Waals surface area (Å²) in [4.78, 5) is 0. The first-order valence-corrected chi connectivity index (χ1v) is 6.70. The molecule has 0 heterocycles. The number of nitrogens with one attached hydrogen (secondary N) is 1. The van der Waals surface area contributed by atoms with Crippen molar-refractivity contribution in [2.75, 3.05) is 5.43 Å². The van der Waals surface area contributed by atoms with Gasteiger partial charge in [-0.25, -0.2) is 0 Å². The smallest absolute Gasteiger partial charge is 0.0648 e. The summed E-state index contributed by atoms with van der Waals surface area (Å²) >= 11 is 17.7. The van der Waals surface area contributed by atoms with Crippen LogP contribution < -0.4 is 5.43 Å². The first kappa shape index (κ1) is 14.2. The molecule has 0 unspecified atom stereocenters. The van der Waals surface area contributed by atoms with E-state index in [0.717, 1.165) is 17.0 Å². The lowest BCUT2D eigenvalue weighted by Crippen LogP contribution is -1.99. The number of rotatable bonds is 3. The van der Waals surface area contributed by atoms with Gasteiger partial charge in [0.25, 0.3) is 0 Å². The molecule has 98 valence electrons. The largest absolute Gasteiger partial charge is 0.278 e. The third-order valence-electron chi connectivity index (χ3n) is 2.48. The Morgan fingerprint density at radius 3 is 2.05 bits per heavy atom. The molecule has 1 N–H and O–H groups in total. The van der Waals surface area contributed by atoms with Crippen LogP contribution in [0.4, 0.5) is 5.69 Å². The Kier molecular flexibility index (Phi) is 4.70. The second kappa shape index (κ2) is 6.29. The molecule has 0 saturated heterocycles. The molecule has 0 amide bonds. The van der Waals surface area contributed by atoms with Crippen molar-refractivity contribution < 1.29 is 0 Å². The number of anilines is 1. The van der Waals surface area contributed by atoms with Crippen molar-refractivity contribution in [3.05, 3.63) is 63.1 Å². The Hall–Kier alpha value is -1.22. The van der Waals surface area contributed by atoms with Crippen LogP contribution in [0.15, 0.2) is 47.6 Å². The van der Waals surface area contributed by atoms with Crippen molar-refractivity contribution in [2.24, 2.45) is 5.10 Å². The van der Waals surface area contributed by atoms with E-state index in [9.17, 15) is 0 Å². The summed E-state index contributed by atoms with van der Waals surface area (Å²) in [7, 11) is 0. The molecule has 0 bridgehead atoms. The monoisotopic (exact) mass is 312 g/mol. The molecule has 0 aliphatic heterocycles. The molecule has 2 aromatic carbocycles. The van der Waals surface area contributed by atoms with Gasteiger partial charge < -0.3 is 0 Å². The highest BCUT2D eigenvalue weighted by molar-refractivity contribution is 6.35. The van der Waals surface area contributed by atoms with Crippen molar-refractivity contribution in [3.63, 3.8) is 0 Å². The molecule has 0 aliphatic rings. The maximum Gasteiger partial charge on any atom is 0.0648 e. The summed E-state index contributed by atoms with van der Waals surface area (Å²) < 4.78 is 0. The average Bonchev–Trinajstić information content (AvgIpc) is 2.36. The summed E-state index contributed by atoms with van der Waals surface area (Å²) in [6, 6.07) is 12.7. The van der Waals surface area contributed by atoms with Crippen LogP contribution in [0.2, 0.25) is 15.1 Å². The Morgan fingerprint density at radius 1 is 0.895 bits per heavy atom. The van der Waals surface area contributed by atoms with E-state index >= 15 is 0 Å². The van der Waals surface area contributed by atoms with Gasteiger partial charge >= 0.3 is 0 Å². The summed E-state index contributed by atoms with van der Waals surface area (Å²) in [5, 5.41) is 6.11. The first-order chi connectivity index (χ1) is 9.04. The fourth-order valence-electron chi connectivity index (χ4n) is 1.52. The highest BCUT2D eigenvalue weighted by Gasteiger charge is 1.99. The lowest BCUT2D eigenvalue weighted by molar-refractivity contribution is 1.32. The van der Waals surface area contributed by atoms with Crippen LogP contribution in [-0.2, 0) is 0 Å². The van der Waals surface area contributed by atoms with Crippen molar-refractivity contribution in [1.82, 2.24) is 0 Å². The van der Waals surface area contributed by atoms with Gasteiger partial charge in [0, 0.05) is 15.1 Å². The lowest BCUT2D eigenvalue weighted by Gasteiger charge is -2.05. The normalized spacial score (nSPS) is 11.5. The maximum absolute atomic E-state index is 5.91. The van der Waals surface area contributed by atoms with Gasteiger partial charge in [0.15, 0.2) is 0 Å². The van der Waals surface area contributed by atoms with E-state index in [1.54, 1.807) is 18.2 Å². The molecular weight excluding hydrogens is 303 g/mol. The van der Waals surface area contributed by atoms with Gasteiger partial charge in [-0.05, 0) is 42.8 Å². The maximum atomic E-state index is 5.91. The first-order valence-electron chi connectivity index (χ1n) is 5.57. The van der Waals surface area contributed by atoms with Crippen LogP contribution in [0.3, 0.4) is 0 Å². The minimum Gasteiger partial charge on any atom is -0.278 e. The lowest BCUT2D eigenvalue weighted by atomic mass is 10.1. The molecular formula is C14H11Cl3N2. The van der Waals surface area contributed by atoms with Crippen molar-refractivity contribution in [3.8, 4) is 0 Å². The van der Waals surface area contributed by atoms with Gasteiger partial charge in [0.2, 0.25) is 0 Å². The highest BCUT2D eigenvalue weighted by atomic mass is 35.5. The highest BCUT2D eigenvalue weighted by Crippen LogP contribution is 2.22. The molecule has 0 fully saturated rings. The number of nitrogens with zero attached hydrogens (tertiary/aromatic N) is 1. The zero-order valence-corrected chi connectivity index (χ0v) is 12.4. The van der Waals surface area contributed by atoms with Crippen molar-refractivity contribution in [2.45, 2.75) is 6.92 Å². The standard InChI is InChI=1S/C14H11Cl3N2/c1-9(10-2-4-11(15)5-3-10)18-19-14-7-12(16)6-13(17)8-14/h2-8,19H,1H3/b18-9-. The minimum atomic E-state index is 0.564. The van der Waals surface area contributed by atoms with Crippen LogP contribution in [0.5, 0.6) is 0 Å². The molecule has 0 atom stereocenters. The molecule has 19 heavy (non-hydrogen) atoms. The van der Waals surface area contributed by atoms with E-state index in [4.69, 9.17) is 34.8 Å². The van der Waals surface area contributed by atoms with Crippen molar-refractivity contribution in [1.29, 1.82) is 0 Å². The van der Waals surface area contributed by atoms with E-state index in [1.807, 2.05) is 31.2 Å². The topological polar surface area (TPSA) is 24.4 Å². The fraction of sp³-hybridized carbons (Fsp3) is 0.0714. The Morgan fingerprint density at radius 2 is 1.47 bits per heavy atom. The van der Waals surface area contributed by atoms with Crippen LogP contribution in [-0.4, -0.2) is 5.71 Å². The van der Waals surface area contributed by atoms with Gasteiger partial charge in [0.05, 0.1) is 11.4 Å². The Balaban J connectivity index is 2.15. The number of hydrogen-bond donors (Lipinski definition) is 1. The Bertz CT molecular complexity index is 586. The van der Waals surface area contributed by atoms with Gasteiger partial charge in [-0.1, -0.05) is 46.9 Å². The molecule has 5 heteroatoms.